The Bertz CT molecular complexity index is 462. The SMILES string of the molecule is CC/C=C\CC(C)(O)/C=C/[C@H]1CCC(=O)[C@@H]1CCCCCC(=O)O. The minimum Gasteiger partial charge on any atom is -0.481 e. The molecule has 24 heavy (non-hydrogen) atoms. The van der Waals surface area contributed by atoms with Gasteiger partial charge in [-0.15, -0.1) is 0 Å². The quantitative estimate of drug-likeness (QED) is 0.436. The van der Waals surface area contributed by atoms with E-state index in [1.54, 1.807) is 6.92 Å². The Labute approximate surface area is 145 Å². The summed E-state index contributed by atoms with van der Waals surface area (Å²) in [5.41, 5.74) is -0.872. The smallest absolute Gasteiger partial charge is 0.303 e. The number of carboxylic acids is 1. The van der Waals surface area contributed by atoms with Crippen LogP contribution in [0, 0.1) is 11.8 Å². The molecule has 3 atom stereocenters. The highest BCUT2D eigenvalue weighted by Gasteiger charge is 2.32. The maximum atomic E-state index is 12.1. The van der Waals surface area contributed by atoms with Gasteiger partial charge in [0.05, 0.1) is 5.60 Å². The number of unbranched alkanes of at least 4 members (excludes halogenated alkanes) is 2. The lowest BCUT2D eigenvalue weighted by molar-refractivity contribution is -0.137. The van der Waals surface area contributed by atoms with E-state index in [0.29, 0.717) is 25.0 Å². The van der Waals surface area contributed by atoms with Gasteiger partial charge in [0.25, 0.3) is 0 Å². The molecule has 1 aliphatic rings. The number of carbonyl (C=O) groups excluding carboxylic acids is 1. The van der Waals surface area contributed by atoms with Gasteiger partial charge in [-0.3, -0.25) is 9.59 Å². The van der Waals surface area contributed by atoms with Crippen molar-refractivity contribution in [3.63, 3.8) is 0 Å². The lowest BCUT2D eigenvalue weighted by atomic mass is 9.88. The molecule has 0 spiro atoms. The molecule has 4 heteroatoms. The van der Waals surface area contributed by atoms with Crippen molar-refractivity contribution in [2.75, 3.05) is 0 Å². The van der Waals surface area contributed by atoms with Crippen LogP contribution in [0.25, 0.3) is 0 Å². The van der Waals surface area contributed by atoms with Crippen molar-refractivity contribution >= 4 is 11.8 Å². The molecule has 1 saturated carbocycles. The Morgan fingerprint density at radius 2 is 2.04 bits per heavy atom. The number of hydrogen-bond acceptors (Lipinski definition) is 3. The molecule has 1 fully saturated rings. The van der Waals surface area contributed by atoms with Crippen molar-refractivity contribution < 1.29 is 19.8 Å². The lowest BCUT2D eigenvalue weighted by Crippen LogP contribution is -2.21. The molecule has 1 rings (SSSR count). The van der Waals surface area contributed by atoms with Crippen LogP contribution in [0.2, 0.25) is 0 Å². The standard InChI is InChI=1S/C20H32O4/c1-3-4-8-14-20(2,24)15-13-16-11-12-18(21)17(16)9-6-5-7-10-19(22)23/h4,8,13,15-17,24H,3,5-7,9-12,14H2,1-2H3,(H,22,23)/b8-4-,15-13+/t16-,17-,20?/m1/s1. The van der Waals surface area contributed by atoms with E-state index in [-0.39, 0.29) is 18.3 Å². The number of aliphatic carboxylic acids is 1. The lowest BCUT2D eigenvalue weighted by Gasteiger charge is -2.19. The molecule has 0 aliphatic heterocycles. The summed E-state index contributed by atoms with van der Waals surface area (Å²) in [5.74, 6) is -0.202. The van der Waals surface area contributed by atoms with Crippen molar-refractivity contribution in [1.82, 2.24) is 0 Å². The number of aliphatic hydroxyl groups is 1. The van der Waals surface area contributed by atoms with Crippen LogP contribution < -0.4 is 0 Å². The molecule has 0 radical (unpaired) electrons. The van der Waals surface area contributed by atoms with Crippen LogP contribution in [0.3, 0.4) is 0 Å². The molecule has 0 aromatic carbocycles. The number of carboxylic acid groups (broad SMARTS) is 1. The maximum absolute atomic E-state index is 12.1. The number of carbonyl (C=O) groups is 2. The second-order valence-corrected chi connectivity index (χ2v) is 7.07. The van der Waals surface area contributed by atoms with Crippen molar-refractivity contribution in [3.05, 3.63) is 24.3 Å². The van der Waals surface area contributed by atoms with Crippen LogP contribution in [0.15, 0.2) is 24.3 Å². The molecule has 0 aromatic rings. The normalized spacial score (nSPS) is 24.0. The first kappa shape index (κ1) is 20.6. The van der Waals surface area contributed by atoms with Gasteiger partial charge in [-0.1, -0.05) is 44.1 Å². The van der Waals surface area contributed by atoms with Gasteiger partial charge in [-0.25, -0.2) is 0 Å². The second kappa shape index (κ2) is 10.4. The van der Waals surface area contributed by atoms with Gasteiger partial charge >= 0.3 is 5.97 Å². The number of Topliss-reactive ketones (excluding diaryl/α,β-unsaturated/α-hetero) is 1. The minimum atomic E-state index is -0.872. The van der Waals surface area contributed by atoms with Gasteiger partial charge in [0.2, 0.25) is 0 Å². The Morgan fingerprint density at radius 1 is 1.29 bits per heavy atom. The summed E-state index contributed by atoms with van der Waals surface area (Å²) in [6.45, 7) is 3.85. The summed E-state index contributed by atoms with van der Waals surface area (Å²) in [4.78, 5) is 22.6. The van der Waals surface area contributed by atoms with Gasteiger partial charge in [0.15, 0.2) is 0 Å². The highest BCUT2D eigenvalue weighted by atomic mass is 16.4. The zero-order valence-electron chi connectivity index (χ0n) is 15.0. The van der Waals surface area contributed by atoms with Crippen LogP contribution in [-0.4, -0.2) is 27.6 Å². The summed E-state index contributed by atoms with van der Waals surface area (Å²) in [6.07, 6.45) is 14.4. The minimum absolute atomic E-state index is 0.0352. The highest BCUT2D eigenvalue weighted by Crippen LogP contribution is 2.34. The van der Waals surface area contributed by atoms with Crippen molar-refractivity contribution in [2.24, 2.45) is 11.8 Å². The van der Waals surface area contributed by atoms with Crippen LogP contribution >= 0.6 is 0 Å². The number of rotatable bonds is 11. The van der Waals surface area contributed by atoms with Crippen LogP contribution in [0.5, 0.6) is 0 Å². The summed E-state index contributed by atoms with van der Waals surface area (Å²) in [6, 6.07) is 0. The summed E-state index contributed by atoms with van der Waals surface area (Å²) < 4.78 is 0. The zero-order chi connectivity index (χ0) is 18.0. The molecule has 1 unspecified atom stereocenters. The van der Waals surface area contributed by atoms with E-state index in [1.165, 1.54) is 0 Å². The summed E-state index contributed by atoms with van der Waals surface area (Å²) in [5, 5.41) is 19.0. The predicted molar refractivity (Wildman–Crippen MR) is 95.8 cm³/mol. The van der Waals surface area contributed by atoms with Gasteiger partial charge in [-0.05, 0) is 44.9 Å². The fourth-order valence-corrected chi connectivity index (χ4v) is 3.24. The summed E-state index contributed by atoms with van der Waals surface area (Å²) in [7, 11) is 0. The van der Waals surface area contributed by atoms with Gasteiger partial charge in [-0.2, -0.15) is 0 Å². The Hall–Kier alpha value is -1.42. The number of allylic oxidation sites excluding steroid dienone is 2. The fraction of sp³-hybridized carbons (Fsp3) is 0.700. The number of hydrogen-bond donors (Lipinski definition) is 2. The van der Waals surface area contributed by atoms with Gasteiger partial charge in [0.1, 0.15) is 5.78 Å². The predicted octanol–water partition coefficient (Wildman–Crippen LogP) is 4.28. The third-order valence-corrected chi connectivity index (χ3v) is 4.70. The molecule has 4 nitrogen and oxygen atoms in total. The van der Waals surface area contributed by atoms with E-state index in [0.717, 1.165) is 32.1 Å². The molecule has 0 amide bonds. The van der Waals surface area contributed by atoms with Crippen LogP contribution in [0.1, 0.15) is 71.6 Å². The average Bonchev–Trinajstić information content (AvgIpc) is 2.85. The Balaban J connectivity index is 2.47. The monoisotopic (exact) mass is 336 g/mol. The van der Waals surface area contributed by atoms with E-state index in [9.17, 15) is 14.7 Å². The molecule has 2 N–H and O–H groups in total. The van der Waals surface area contributed by atoms with Crippen molar-refractivity contribution in [3.8, 4) is 0 Å². The van der Waals surface area contributed by atoms with Gasteiger partial charge in [0, 0.05) is 18.8 Å². The maximum Gasteiger partial charge on any atom is 0.303 e. The third kappa shape index (κ3) is 7.91. The van der Waals surface area contributed by atoms with Gasteiger partial charge < -0.3 is 10.2 Å². The molecule has 0 heterocycles. The summed E-state index contributed by atoms with van der Waals surface area (Å²) >= 11 is 0. The highest BCUT2D eigenvalue weighted by molar-refractivity contribution is 5.83. The average molecular weight is 336 g/mol. The van der Waals surface area contributed by atoms with Crippen LogP contribution in [0.4, 0.5) is 0 Å². The first-order chi connectivity index (χ1) is 11.4. The molecule has 1 aliphatic carbocycles. The molecular formula is C20H32O4. The first-order valence-electron chi connectivity index (χ1n) is 9.17. The van der Waals surface area contributed by atoms with E-state index in [1.807, 2.05) is 24.3 Å². The zero-order valence-corrected chi connectivity index (χ0v) is 15.0. The molecule has 0 bridgehead atoms. The van der Waals surface area contributed by atoms with E-state index >= 15 is 0 Å². The molecule has 0 saturated heterocycles. The fourth-order valence-electron chi connectivity index (χ4n) is 3.24. The first-order valence-corrected chi connectivity index (χ1v) is 9.17. The van der Waals surface area contributed by atoms with E-state index in [4.69, 9.17) is 5.11 Å². The van der Waals surface area contributed by atoms with Crippen molar-refractivity contribution in [2.45, 2.75) is 77.2 Å². The van der Waals surface area contributed by atoms with Crippen molar-refractivity contribution in [1.29, 1.82) is 0 Å². The van der Waals surface area contributed by atoms with Crippen LogP contribution in [-0.2, 0) is 9.59 Å². The second-order valence-electron chi connectivity index (χ2n) is 7.07. The van der Waals surface area contributed by atoms with E-state index in [2.05, 4.69) is 6.92 Å². The molecule has 136 valence electrons. The molecular weight excluding hydrogens is 304 g/mol. The molecule has 0 aromatic heterocycles. The number of ketones is 1. The Morgan fingerprint density at radius 3 is 2.71 bits per heavy atom. The Kier molecular flexibility index (Phi) is 8.98. The largest absolute Gasteiger partial charge is 0.481 e. The van der Waals surface area contributed by atoms with E-state index < -0.39 is 11.6 Å². The third-order valence-electron chi connectivity index (χ3n) is 4.70. The topological polar surface area (TPSA) is 74.6 Å².